The summed E-state index contributed by atoms with van der Waals surface area (Å²) in [5.41, 5.74) is 6.41. The molecule has 4 rings (SSSR count). The van der Waals surface area contributed by atoms with E-state index in [1.807, 2.05) is 35.8 Å². The molecule has 1 aliphatic rings. The number of urea groups is 1. The molecular formula is C23H23N5O4. The molecule has 9 nitrogen and oxygen atoms in total. The van der Waals surface area contributed by atoms with Crippen molar-refractivity contribution >= 4 is 29.1 Å². The Morgan fingerprint density at radius 3 is 2.59 bits per heavy atom. The largest absolute Gasteiger partial charge is 0.341 e. The summed E-state index contributed by atoms with van der Waals surface area (Å²) in [5, 5.41) is 6.14. The molecule has 0 saturated heterocycles. The quantitative estimate of drug-likeness (QED) is 0.365. The average molecular weight is 433 g/mol. The van der Waals surface area contributed by atoms with Crippen molar-refractivity contribution in [2.45, 2.75) is 25.4 Å². The maximum atomic E-state index is 12.3. The smallest absolute Gasteiger partial charge is 0.317 e. The number of aromatic nitrogens is 1. The molecule has 2 aromatic carbocycles. The minimum absolute atomic E-state index is 0.262. The van der Waals surface area contributed by atoms with Crippen molar-refractivity contribution in [3.63, 3.8) is 0 Å². The molecule has 0 aliphatic carbocycles. The Hall–Kier alpha value is -4.01. The number of rotatable bonds is 5. The van der Waals surface area contributed by atoms with Crippen LogP contribution in [-0.2, 0) is 24.2 Å². The molecule has 1 aliphatic heterocycles. The first-order valence-electron chi connectivity index (χ1n) is 10.3. The van der Waals surface area contributed by atoms with Crippen LogP contribution in [0.1, 0.15) is 27.2 Å². The Bertz CT molecular complexity index is 1190. The second-order valence-corrected chi connectivity index (χ2v) is 7.66. The highest BCUT2D eigenvalue weighted by Gasteiger charge is 2.30. The number of nitrogens with zero attached hydrogens (tertiary/aromatic N) is 3. The fourth-order valence-electron chi connectivity index (χ4n) is 4.39. The monoisotopic (exact) mass is 433 g/mol. The lowest BCUT2D eigenvalue weighted by molar-refractivity contribution is -0.111. The summed E-state index contributed by atoms with van der Waals surface area (Å²) in [6.45, 7) is 0.994. The molecule has 1 aromatic heterocycles. The molecule has 2 heterocycles. The Labute approximate surface area is 184 Å². The number of nitrogens with one attached hydrogen (secondary N) is 2. The molecule has 0 bridgehead atoms. The van der Waals surface area contributed by atoms with Crippen LogP contribution in [0.25, 0.3) is 10.9 Å². The molecular weight excluding hydrogens is 410 g/mol. The standard InChI is InChI=1S/C23H23N5O4/c1-24-23(31)27-11-10-19-18-4-2-3-5-20(18)28(21(19)12-17(27)14-29)13-15-6-8-16(9-7-15)22(30)25-26-32/h2-9,14,17H,10-13H2,1H3,(H,24,31)(H,25,30,32). The maximum absolute atomic E-state index is 12.3. The molecule has 9 heteroatoms. The normalized spacial score (nSPS) is 15.5. The van der Waals surface area contributed by atoms with Gasteiger partial charge in [-0.15, -0.1) is 4.91 Å². The van der Waals surface area contributed by atoms with Crippen LogP contribution in [0, 0.1) is 4.91 Å². The number of fused-ring (bicyclic) bond motifs is 3. The molecule has 32 heavy (non-hydrogen) atoms. The van der Waals surface area contributed by atoms with E-state index in [1.54, 1.807) is 24.1 Å². The second kappa shape index (κ2) is 9.01. The predicted molar refractivity (Wildman–Crippen MR) is 119 cm³/mol. The van der Waals surface area contributed by atoms with Crippen molar-refractivity contribution < 1.29 is 14.4 Å². The molecule has 1 atom stereocenters. The highest BCUT2D eigenvalue weighted by atomic mass is 16.3. The van der Waals surface area contributed by atoms with Gasteiger partial charge in [0.1, 0.15) is 6.29 Å². The van der Waals surface area contributed by atoms with Crippen LogP contribution in [-0.4, -0.2) is 47.3 Å². The van der Waals surface area contributed by atoms with Gasteiger partial charge in [-0.05, 0) is 35.7 Å². The van der Waals surface area contributed by atoms with E-state index >= 15 is 0 Å². The van der Waals surface area contributed by atoms with Gasteiger partial charge in [-0.3, -0.25) is 4.79 Å². The van der Waals surface area contributed by atoms with Crippen LogP contribution in [0.4, 0.5) is 4.79 Å². The van der Waals surface area contributed by atoms with E-state index < -0.39 is 11.9 Å². The van der Waals surface area contributed by atoms with Gasteiger partial charge < -0.3 is 19.6 Å². The third-order valence-corrected chi connectivity index (χ3v) is 5.94. The maximum Gasteiger partial charge on any atom is 0.317 e. The molecule has 0 saturated carbocycles. The third-order valence-electron chi connectivity index (χ3n) is 5.94. The Morgan fingerprint density at radius 2 is 1.91 bits per heavy atom. The van der Waals surface area contributed by atoms with Gasteiger partial charge >= 0.3 is 6.03 Å². The summed E-state index contributed by atoms with van der Waals surface area (Å²) < 4.78 is 2.18. The van der Waals surface area contributed by atoms with Crippen LogP contribution < -0.4 is 10.7 Å². The van der Waals surface area contributed by atoms with Crippen molar-refractivity contribution in [1.82, 2.24) is 20.2 Å². The van der Waals surface area contributed by atoms with Crippen molar-refractivity contribution in [1.29, 1.82) is 0 Å². The lowest BCUT2D eigenvalue weighted by Gasteiger charge is -2.26. The minimum atomic E-state index is -0.560. The van der Waals surface area contributed by atoms with Gasteiger partial charge in [0, 0.05) is 48.7 Å². The molecule has 0 radical (unpaired) electrons. The Kier molecular flexibility index (Phi) is 5.98. The van der Waals surface area contributed by atoms with Crippen molar-refractivity contribution in [2.24, 2.45) is 5.29 Å². The topological polar surface area (TPSA) is 113 Å². The first kappa shape index (κ1) is 21.2. The van der Waals surface area contributed by atoms with Gasteiger partial charge in [0.2, 0.25) is 0 Å². The van der Waals surface area contributed by atoms with Gasteiger partial charge in [0.05, 0.1) is 11.3 Å². The van der Waals surface area contributed by atoms with Crippen LogP contribution >= 0.6 is 0 Å². The summed E-state index contributed by atoms with van der Waals surface area (Å²) in [4.78, 5) is 47.8. The SMILES string of the molecule is CNC(=O)N1CCc2c(n(Cc3ccc(C(=O)NN=O)cc3)c3ccccc23)CC1C=O. The van der Waals surface area contributed by atoms with E-state index in [9.17, 15) is 19.3 Å². The van der Waals surface area contributed by atoms with Crippen molar-refractivity contribution in [2.75, 3.05) is 13.6 Å². The minimum Gasteiger partial charge on any atom is -0.341 e. The first-order chi connectivity index (χ1) is 15.6. The number of hydrogen-bond donors (Lipinski definition) is 2. The highest BCUT2D eigenvalue weighted by Crippen LogP contribution is 2.31. The van der Waals surface area contributed by atoms with Gasteiger partial charge in [0.25, 0.3) is 5.91 Å². The number of aldehydes is 1. The van der Waals surface area contributed by atoms with Gasteiger partial charge in [-0.25, -0.2) is 10.2 Å². The van der Waals surface area contributed by atoms with E-state index in [1.165, 1.54) is 0 Å². The van der Waals surface area contributed by atoms with E-state index in [0.29, 0.717) is 31.5 Å². The third kappa shape index (κ3) is 3.84. The second-order valence-electron chi connectivity index (χ2n) is 7.66. The Balaban J connectivity index is 1.73. The summed E-state index contributed by atoms with van der Waals surface area (Å²) in [5.74, 6) is -0.560. The average Bonchev–Trinajstić information content (AvgIpc) is 2.97. The fraction of sp³-hybridized carbons (Fsp3) is 0.261. The van der Waals surface area contributed by atoms with Crippen molar-refractivity contribution in [3.05, 3.63) is 75.8 Å². The molecule has 0 spiro atoms. The lowest BCUT2D eigenvalue weighted by atomic mass is 10.1. The number of amides is 3. The zero-order chi connectivity index (χ0) is 22.7. The predicted octanol–water partition coefficient (Wildman–Crippen LogP) is 2.41. The summed E-state index contributed by atoms with van der Waals surface area (Å²) in [6.07, 6.45) is 1.91. The van der Waals surface area contributed by atoms with Gasteiger partial charge in [-0.1, -0.05) is 30.3 Å². The fourth-order valence-corrected chi connectivity index (χ4v) is 4.39. The zero-order valence-electron chi connectivity index (χ0n) is 17.6. The van der Waals surface area contributed by atoms with Crippen LogP contribution in [0.3, 0.4) is 0 Å². The lowest BCUT2D eigenvalue weighted by Crippen LogP contribution is -2.47. The van der Waals surface area contributed by atoms with E-state index in [2.05, 4.69) is 21.2 Å². The van der Waals surface area contributed by atoms with Gasteiger partial charge in [0.15, 0.2) is 0 Å². The number of benzene rings is 2. The Morgan fingerprint density at radius 1 is 1.16 bits per heavy atom. The van der Waals surface area contributed by atoms with E-state index in [4.69, 9.17) is 0 Å². The number of nitroso groups, excluding NO2 is 1. The first-order valence-corrected chi connectivity index (χ1v) is 10.3. The van der Waals surface area contributed by atoms with Gasteiger partial charge in [-0.2, -0.15) is 0 Å². The van der Waals surface area contributed by atoms with Crippen LogP contribution in [0.5, 0.6) is 0 Å². The molecule has 2 N–H and O–H groups in total. The molecule has 3 amide bonds. The summed E-state index contributed by atoms with van der Waals surface area (Å²) in [7, 11) is 1.56. The summed E-state index contributed by atoms with van der Waals surface area (Å²) >= 11 is 0. The number of carbonyl (C=O) groups is 3. The molecule has 1 unspecified atom stereocenters. The van der Waals surface area contributed by atoms with Crippen LogP contribution in [0.15, 0.2) is 53.8 Å². The number of hydrogen-bond acceptors (Lipinski definition) is 5. The number of para-hydroxylation sites is 1. The van der Waals surface area contributed by atoms with Crippen LogP contribution in [0.2, 0.25) is 0 Å². The number of carbonyl (C=O) groups excluding carboxylic acids is 3. The molecule has 0 fully saturated rings. The molecule has 164 valence electrons. The highest BCUT2D eigenvalue weighted by molar-refractivity contribution is 5.94. The zero-order valence-corrected chi connectivity index (χ0v) is 17.6. The van der Waals surface area contributed by atoms with E-state index in [0.717, 1.165) is 34.0 Å². The van der Waals surface area contributed by atoms with E-state index in [-0.39, 0.29) is 6.03 Å². The van der Waals surface area contributed by atoms with Crippen molar-refractivity contribution in [3.8, 4) is 0 Å². The summed E-state index contributed by atoms with van der Waals surface area (Å²) in [6, 6.07) is 14.2. The molecule has 3 aromatic rings.